The van der Waals surface area contributed by atoms with Crippen molar-refractivity contribution in [2.24, 2.45) is 0 Å². The van der Waals surface area contributed by atoms with E-state index in [0.29, 0.717) is 18.9 Å². The van der Waals surface area contributed by atoms with Crippen molar-refractivity contribution in [3.8, 4) is 0 Å². The first-order valence-electron chi connectivity index (χ1n) is 7.31. The van der Waals surface area contributed by atoms with Crippen LogP contribution in [0.1, 0.15) is 34.2 Å². The van der Waals surface area contributed by atoms with Crippen molar-refractivity contribution in [2.75, 3.05) is 11.5 Å². The number of H-pyrrole nitrogens is 1. The lowest BCUT2D eigenvalue weighted by molar-refractivity contribution is 0.0950. The van der Waals surface area contributed by atoms with Crippen LogP contribution in [0.5, 0.6) is 0 Å². The van der Waals surface area contributed by atoms with Gasteiger partial charge in [0.1, 0.15) is 0 Å². The SMILES string of the molecule is CC1Cc2ccccc2N1C(=O)c1n[nH]c2c1COCC2. The van der Waals surface area contributed by atoms with Crippen LogP contribution in [-0.2, 0) is 24.2 Å². The highest BCUT2D eigenvalue weighted by Gasteiger charge is 2.34. The summed E-state index contributed by atoms with van der Waals surface area (Å²) in [7, 11) is 0. The lowest BCUT2D eigenvalue weighted by atomic mass is 10.1. The third-order valence-corrected chi connectivity index (χ3v) is 4.32. The lowest BCUT2D eigenvalue weighted by Gasteiger charge is -2.22. The van der Waals surface area contributed by atoms with Crippen LogP contribution in [0.15, 0.2) is 24.3 Å². The Hall–Kier alpha value is -2.14. The molecule has 0 saturated carbocycles. The molecule has 1 atom stereocenters. The molecule has 2 aliphatic heterocycles. The summed E-state index contributed by atoms with van der Waals surface area (Å²) in [6, 6.07) is 8.24. The van der Waals surface area contributed by atoms with E-state index in [1.54, 1.807) is 0 Å². The molecule has 1 unspecified atom stereocenters. The molecule has 0 bridgehead atoms. The van der Waals surface area contributed by atoms with Gasteiger partial charge in [0, 0.05) is 29.4 Å². The lowest BCUT2D eigenvalue weighted by Crippen LogP contribution is -2.36. The Morgan fingerprint density at radius 1 is 1.43 bits per heavy atom. The molecule has 5 nitrogen and oxygen atoms in total. The maximum Gasteiger partial charge on any atom is 0.279 e. The number of aromatic nitrogens is 2. The minimum Gasteiger partial charge on any atom is -0.376 e. The molecule has 1 amide bonds. The zero-order valence-electron chi connectivity index (χ0n) is 11.9. The van der Waals surface area contributed by atoms with Crippen LogP contribution < -0.4 is 4.90 Å². The zero-order chi connectivity index (χ0) is 14.4. The highest BCUT2D eigenvalue weighted by Crippen LogP contribution is 2.33. The second kappa shape index (κ2) is 4.70. The maximum atomic E-state index is 12.9. The molecule has 108 valence electrons. The minimum absolute atomic E-state index is 0.0320. The summed E-state index contributed by atoms with van der Waals surface area (Å²) in [5.41, 5.74) is 4.68. The summed E-state index contributed by atoms with van der Waals surface area (Å²) < 4.78 is 5.47. The second-order valence-corrected chi connectivity index (χ2v) is 5.69. The Morgan fingerprint density at radius 2 is 2.29 bits per heavy atom. The molecule has 0 aliphatic carbocycles. The van der Waals surface area contributed by atoms with E-state index in [1.165, 1.54) is 5.56 Å². The molecular weight excluding hydrogens is 266 g/mol. The van der Waals surface area contributed by atoms with Crippen molar-refractivity contribution in [1.82, 2.24) is 10.2 Å². The molecule has 0 spiro atoms. The van der Waals surface area contributed by atoms with E-state index in [9.17, 15) is 4.79 Å². The summed E-state index contributed by atoms with van der Waals surface area (Å²) in [5, 5.41) is 7.25. The van der Waals surface area contributed by atoms with Gasteiger partial charge in [-0.05, 0) is 25.0 Å². The van der Waals surface area contributed by atoms with E-state index in [4.69, 9.17) is 4.74 Å². The standard InChI is InChI=1S/C16H17N3O2/c1-10-8-11-4-2-3-5-14(11)19(10)16(20)15-12-9-21-7-6-13(12)17-18-15/h2-5,10H,6-9H2,1H3,(H,17,18). The largest absolute Gasteiger partial charge is 0.376 e. The van der Waals surface area contributed by atoms with Crippen molar-refractivity contribution >= 4 is 11.6 Å². The second-order valence-electron chi connectivity index (χ2n) is 5.69. The summed E-state index contributed by atoms with van der Waals surface area (Å²) in [4.78, 5) is 14.8. The smallest absolute Gasteiger partial charge is 0.279 e. The average molecular weight is 283 g/mol. The topological polar surface area (TPSA) is 58.2 Å². The molecule has 2 aliphatic rings. The predicted octanol–water partition coefficient (Wildman–Crippen LogP) is 2.07. The normalized spacial score (nSPS) is 20.2. The number of nitrogens with one attached hydrogen (secondary N) is 1. The number of nitrogens with zero attached hydrogens (tertiary/aromatic N) is 2. The van der Waals surface area contributed by atoms with Gasteiger partial charge < -0.3 is 9.64 Å². The summed E-state index contributed by atoms with van der Waals surface area (Å²) >= 11 is 0. The Kier molecular flexibility index (Phi) is 2.82. The first-order valence-corrected chi connectivity index (χ1v) is 7.31. The minimum atomic E-state index is -0.0320. The van der Waals surface area contributed by atoms with E-state index in [1.807, 2.05) is 23.1 Å². The molecule has 21 heavy (non-hydrogen) atoms. The van der Waals surface area contributed by atoms with E-state index < -0.39 is 0 Å². The fraction of sp³-hybridized carbons (Fsp3) is 0.375. The molecule has 0 radical (unpaired) electrons. The fourth-order valence-electron chi connectivity index (χ4n) is 3.28. The number of anilines is 1. The highest BCUT2D eigenvalue weighted by atomic mass is 16.5. The Balaban J connectivity index is 1.74. The van der Waals surface area contributed by atoms with E-state index in [0.717, 1.165) is 29.8 Å². The summed E-state index contributed by atoms with van der Waals surface area (Å²) in [5.74, 6) is -0.0320. The first-order chi connectivity index (χ1) is 10.3. The number of carbonyl (C=O) groups excluding carboxylic acids is 1. The number of benzene rings is 1. The molecule has 2 aromatic rings. The van der Waals surface area contributed by atoms with Crippen LogP contribution >= 0.6 is 0 Å². The van der Waals surface area contributed by atoms with Gasteiger partial charge in [0.05, 0.1) is 13.2 Å². The monoisotopic (exact) mass is 283 g/mol. The number of rotatable bonds is 1. The van der Waals surface area contributed by atoms with Crippen LogP contribution in [-0.4, -0.2) is 28.8 Å². The van der Waals surface area contributed by atoms with Gasteiger partial charge in [-0.2, -0.15) is 5.10 Å². The van der Waals surface area contributed by atoms with Crippen LogP contribution in [0, 0.1) is 0 Å². The van der Waals surface area contributed by atoms with Gasteiger partial charge in [-0.15, -0.1) is 0 Å². The number of ether oxygens (including phenoxy) is 1. The molecule has 4 rings (SSSR count). The molecule has 5 heteroatoms. The van der Waals surface area contributed by atoms with Gasteiger partial charge in [0.25, 0.3) is 5.91 Å². The average Bonchev–Trinajstić information content (AvgIpc) is 3.06. The Morgan fingerprint density at radius 3 is 3.19 bits per heavy atom. The molecule has 0 fully saturated rings. The fourth-order valence-corrected chi connectivity index (χ4v) is 3.28. The molecule has 1 aromatic carbocycles. The van der Waals surface area contributed by atoms with Crippen molar-refractivity contribution in [3.05, 3.63) is 46.8 Å². The summed E-state index contributed by atoms with van der Waals surface area (Å²) in [6.45, 7) is 3.23. The van der Waals surface area contributed by atoms with Gasteiger partial charge in [0.2, 0.25) is 0 Å². The third-order valence-electron chi connectivity index (χ3n) is 4.32. The highest BCUT2D eigenvalue weighted by molar-refractivity contribution is 6.07. The van der Waals surface area contributed by atoms with Crippen molar-refractivity contribution in [2.45, 2.75) is 32.4 Å². The van der Waals surface area contributed by atoms with E-state index in [-0.39, 0.29) is 11.9 Å². The number of hydrogen-bond acceptors (Lipinski definition) is 3. The van der Waals surface area contributed by atoms with Gasteiger partial charge in [-0.3, -0.25) is 9.89 Å². The Labute approximate surface area is 122 Å². The molecule has 1 aromatic heterocycles. The van der Waals surface area contributed by atoms with E-state index >= 15 is 0 Å². The predicted molar refractivity (Wildman–Crippen MR) is 78.4 cm³/mol. The van der Waals surface area contributed by atoms with Gasteiger partial charge >= 0.3 is 0 Å². The van der Waals surface area contributed by atoms with Crippen LogP contribution in [0.2, 0.25) is 0 Å². The van der Waals surface area contributed by atoms with Crippen molar-refractivity contribution < 1.29 is 9.53 Å². The summed E-state index contributed by atoms with van der Waals surface area (Å²) in [6.07, 6.45) is 1.69. The Bertz CT molecular complexity index is 707. The zero-order valence-corrected chi connectivity index (χ0v) is 11.9. The molecular formula is C16H17N3O2. The van der Waals surface area contributed by atoms with Crippen LogP contribution in [0.3, 0.4) is 0 Å². The number of carbonyl (C=O) groups is 1. The number of para-hydroxylation sites is 1. The molecule has 3 heterocycles. The van der Waals surface area contributed by atoms with Crippen molar-refractivity contribution in [3.63, 3.8) is 0 Å². The van der Waals surface area contributed by atoms with Gasteiger partial charge in [-0.25, -0.2) is 0 Å². The van der Waals surface area contributed by atoms with Crippen LogP contribution in [0.4, 0.5) is 5.69 Å². The number of hydrogen-bond donors (Lipinski definition) is 1. The van der Waals surface area contributed by atoms with Gasteiger partial charge in [0.15, 0.2) is 5.69 Å². The first kappa shape index (κ1) is 12.6. The maximum absolute atomic E-state index is 12.9. The van der Waals surface area contributed by atoms with Crippen LogP contribution in [0.25, 0.3) is 0 Å². The molecule has 1 N–H and O–H groups in total. The number of aromatic amines is 1. The quantitative estimate of drug-likeness (QED) is 0.871. The van der Waals surface area contributed by atoms with Crippen molar-refractivity contribution in [1.29, 1.82) is 0 Å². The van der Waals surface area contributed by atoms with E-state index in [2.05, 4.69) is 23.2 Å². The molecule has 0 saturated heterocycles. The van der Waals surface area contributed by atoms with Gasteiger partial charge in [-0.1, -0.05) is 18.2 Å². The number of fused-ring (bicyclic) bond motifs is 2. The third kappa shape index (κ3) is 1.88. The number of amides is 1.